The highest BCUT2D eigenvalue weighted by Crippen LogP contribution is 2.24. The van der Waals surface area contributed by atoms with Gasteiger partial charge in [0.2, 0.25) is 0 Å². The molecule has 0 aliphatic rings. The number of nitrogens with one attached hydrogen (secondary N) is 1. The van der Waals surface area contributed by atoms with Crippen LogP contribution in [0, 0.1) is 0 Å². The van der Waals surface area contributed by atoms with Gasteiger partial charge >= 0.3 is 0 Å². The predicted octanol–water partition coefficient (Wildman–Crippen LogP) is 1.86. The first-order valence-electron chi connectivity index (χ1n) is 5.34. The summed E-state index contributed by atoms with van der Waals surface area (Å²) in [6.45, 7) is 2.93. The number of hydrogen-bond donors (Lipinski definition) is 2. The topological polar surface area (TPSA) is 41.5 Å². The first-order valence-corrected chi connectivity index (χ1v) is 5.71. The van der Waals surface area contributed by atoms with Crippen LogP contribution in [-0.2, 0) is 6.42 Å². The summed E-state index contributed by atoms with van der Waals surface area (Å²) >= 11 is 6.01. The maximum absolute atomic E-state index is 8.84. The molecule has 0 heterocycles. The Morgan fingerprint density at radius 2 is 2.25 bits per heavy atom. The Morgan fingerprint density at radius 1 is 1.50 bits per heavy atom. The van der Waals surface area contributed by atoms with Gasteiger partial charge in [0.05, 0.1) is 18.7 Å². The molecule has 0 aliphatic carbocycles. The minimum atomic E-state index is 0.133. The first-order chi connectivity index (χ1) is 7.67. The third-order valence-corrected chi connectivity index (χ3v) is 2.69. The standard InChI is InChI=1S/C12H18ClNO2/c1-9(8-15)14-6-5-10-3-4-12(16-2)11(13)7-10/h3-4,7,9,14-15H,5-6,8H2,1-2H3. The number of ether oxygens (including phenoxy) is 1. The molecule has 0 saturated heterocycles. The average Bonchev–Trinajstić information content (AvgIpc) is 2.29. The molecule has 1 aromatic carbocycles. The maximum atomic E-state index is 8.84. The minimum absolute atomic E-state index is 0.133. The molecule has 1 aromatic rings. The van der Waals surface area contributed by atoms with Crippen LogP contribution in [0.15, 0.2) is 18.2 Å². The van der Waals surface area contributed by atoms with E-state index in [4.69, 9.17) is 21.4 Å². The Kier molecular flexibility index (Phi) is 5.60. The molecule has 1 rings (SSSR count). The van der Waals surface area contributed by atoms with Crippen molar-refractivity contribution in [1.29, 1.82) is 0 Å². The summed E-state index contributed by atoms with van der Waals surface area (Å²) in [5.74, 6) is 0.696. The molecule has 0 bridgehead atoms. The van der Waals surface area contributed by atoms with Crippen LogP contribution in [-0.4, -0.2) is 31.4 Å². The highest BCUT2D eigenvalue weighted by Gasteiger charge is 2.02. The van der Waals surface area contributed by atoms with Crippen LogP contribution >= 0.6 is 11.6 Å². The molecule has 1 unspecified atom stereocenters. The van der Waals surface area contributed by atoms with E-state index in [2.05, 4.69) is 5.32 Å². The van der Waals surface area contributed by atoms with Crippen LogP contribution in [0.25, 0.3) is 0 Å². The number of aliphatic hydroxyl groups is 1. The van der Waals surface area contributed by atoms with Crippen LogP contribution in [0.4, 0.5) is 0 Å². The Balaban J connectivity index is 2.46. The lowest BCUT2D eigenvalue weighted by Crippen LogP contribution is -2.30. The fourth-order valence-corrected chi connectivity index (χ4v) is 1.67. The van der Waals surface area contributed by atoms with Crippen LogP contribution in [0.5, 0.6) is 5.75 Å². The van der Waals surface area contributed by atoms with E-state index < -0.39 is 0 Å². The van der Waals surface area contributed by atoms with Crippen LogP contribution in [0.3, 0.4) is 0 Å². The minimum Gasteiger partial charge on any atom is -0.495 e. The van der Waals surface area contributed by atoms with E-state index in [0.717, 1.165) is 18.5 Å². The van der Waals surface area contributed by atoms with Crippen molar-refractivity contribution < 1.29 is 9.84 Å². The SMILES string of the molecule is COc1ccc(CCNC(C)CO)cc1Cl. The van der Waals surface area contributed by atoms with Gasteiger partial charge in [-0.05, 0) is 37.6 Å². The van der Waals surface area contributed by atoms with E-state index in [1.807, 2.05) is 25.1 Å². The van der Waals surface area contributed by atoms with Crippen LogP contribution < -0.4 is 10.1 Å². The van der Waals surface area contributed by atoms with E-state index in [1.54, 1.807) is 7.11 Å². The number of aliphatic hydroxyl groups excluding tert-OH is 1. The predicted molar refractivity (Wildman–Crippen MR) is 66.3 cm³/mol. The molecule has 90 valence electrons. The van der Waals surface area contributed by atoms with Gasteiger partial charge in [-0.25, -0.2) is 0 Å². The zero-order valence-electron chi connectivity index (χ0n) is 9.66. The molecule has 3 nitrogen and oxygen atoms in total. The number of rotatable bonds is 6. The van der Waals surface area contributed by atoms with Crippen molar-refractivity contribution in [3.05, 3.63) is 28.8 Å². The van der Waals surface area contributed by atoms with Crippen molar-refractivity contribution in [3.63, 3.8) is 0 Å². The summed E-state index contributed by atoms with van der Waals surface area (Å²) < 4.78 is 5.08. The molecule has 0 saturated carbocycles. The lowest BCUT2D eigenvalue weighted by atomic mass is 10.1. The smallest absolute Gasteiger partial charge is 0.137 e. The number of benzene rings is 1. The molecule has 0 aromatic heterocycles. The summed E-state index contributed by atoms with van der Waals surface area (Å²) in [7, 11) is 1.60. The van der Waals surface area contributed by atoms with Crippen molar-refractivity contribution in [2.45, 2.75) is 19.4 Å². The van der Waals surface area contributed by atoms with E-state index in [1.165, 1.54) is 0 Å². The highest BCUT2D eigenvalue weighted by molar-refractivity contribution is 6.32. The lowest BCUT2D eigenvalue weighted by molar-refractivity contribution is 0.252. The van der Waals surface area contributed by atoms with Gasteiger partial charge in [0, 0.05) is 6.04 Å². The summed E-state index contributed by atoms with van der Waals surface area (Å²) in [6.07, 6.45) is 0.883. The van der Waals surface area contributed by atoms with Crippen LogP contribution in [0.1, 0.15) is 12.5 Å². The van der Waals surface area contributed by atoms with Crippen molar-refractivity contribution in [1.82, 2.24) is 5.32 Å². The molecular formula is C12H18ClNO2. The molecule has 0 aliphatic heterocycles. The van der Waals surface area contributed by atoms with Gasteiger partial charge in [0.25, 0.3) is 0 Å². The molecule has 2 N–H and O–H groups in total. The Labute approximate surface area is 101 Å². The quantitative estimate of drug-likeness (QED) is 0.802. The highest BCUT2D eigenvalue weighted by atomic mass is 35.5. The van der Waals surface area contributed by atoms with Gasteiger partial charge in [0.15, 0.2) is 0 Å². The Bertz CT molecular complexity index is 331. The van der Waals surface area contributed by atoms with E-state index in [9.17, 15) is 0 Å². The molecule has 4 heteroatoms. The fourth-order valence-electron chi connectivity index (χ4n) is 1.39. The van der Waals surface area contributed by atoms with Gasteiger partial charge in [-0.3, -0.25) is 0 Å². The van der Waals surface area contributed by atoms with E-state index >= 15 is 0 Å². The van der Waals surface area contributed by atoms with Gasteiger partial charge in [0.1, 0.15) is 5.75 Å². The van der Waals surface area contributed by atoms with Gasteiger partial charge in [-0.15, -0.1) is 0 Å². The molecule has 0 radical (unpaired) electrons. The van der Waals surface area contributed by atoms with Crippen molar-refractivity contribution in [2.24, 2.45) is 0 Å². The van der Waals surface area contributed by atoms with Gasteiger partial charge < -0.3 is 15.2 Å². The second-order valence-electron chi connectivity index (χ2n) is 3.76. The molecule has 1 atom stereocenters. The largest absolute Gasteiger partial charge is 0.495 e. The second-order valence-corrected chi connectivity index (χ2v) is 4.16. The molecule has 16 heavy (non-hydrogen) atoms. The van der Waals surface area contributed by atoms with Gasteiger partial charge in [-0.1, -0.05) is 17.7 Å². The van der Waals surface area contributed by atoms with Crippen LogP contribution in [0.2, 0.25) is 5.02 Å². The third-order valence-electron chi connectivity index (χ3n) is 2.40. The summed E-state index contributed by atoms with van der Waals surface area (Å²) in [5, 5.41) is 12.7. The number of methoxy groups -OCH3 is 1. The molecule has 0 amide bonds. The number of halogens is 1. The van der Waals surface area contributed by atoms with Gasteiger partial charge in [-0.2, -0.15) is 0 Å². The van der Waals surface area contributed by atoms with E-state index in [-0.39, 0.29) is 12.6 Å². The average molecular weight is 244 g/mol. The monoisotopic (exact) mass is 243 g/mol. The first kappa shape index (κ1) is 13.3. The Hall–Kier alpha value is -0.770. The van der Waals surface area contributed by atoms with E-state index in [0.29, 0.717) is 10.8 Å². The zero-order valence-corrected chi connectivity index (χ0v) is 10.4. The molecular weight excluding hydrogens is 226 g/mol. The summed E-state index contributed by atoms with van der Waals surface area (Å²) in [4.78, 5) is 0. The zero-order chi connectivity index (χ0) is 12.0. The molecule has 0 fully saturated rings. The Morgan fingerprint density at radius 3 is 2.81 bits per heavy atom. The lowest BCUT2D eigenvalue weighted by Gasteiger charge is -2.11. The third kappa shape index (κ3) is 4.00. The van der Waals surface area contributed by atoms with Crippen molar-refractivity contribution >= 4 is 11.6 Å². The van der Waals surface area contributed by atoms with Crippen molar-refractivity contribution in [3.8, 4) is 5.75 Å². The van der Waals surface area contributed by atoms with Crippen molar-refractivity contribution in [2.75, 3.05) is 20.3 Å². The maximum Gasteiger partial charge on any atom is 0.137 e. The summed E-state index contributed by atoms with van der Waals surface area (Å²) in [5.41, 5.74) is 1.16. The number of hydrogen-bond acceptors (Lipinski definition) is 3. The normalized spacial score (nSPS) is 12.5. The fraction of sp³-hybridized carbons (Fsp3) is 0.500. The summed E-state index contributed by atoms with van der Waals surface area (Å²) in [6, 6.07) is 5.91. The molecule has 0 spiro atoms. The second kappa shape index (κ2) is 6.74.